The Kier molecular flexibility index (Phi) is 2.24. The fourth-order valence-electron chi connectivity index (χ4n) is 1.24. The molecule has 1 aliphatic rings. The molecule has 1 aromatic rings. The van der Waals surface area contributed by atoms with Gasteiger partial charge in [0.05, 0.1) is 12.3 Å². The minimum atomic E-state index is -0.00898. The predicted molar refractivity (Wildman–Crippen MR) is 47.9 cm³/mol. The van der Waals surface area contributed by atoms with Crippen LogP contribution in [0.5, 0.6) is 0 Å². The van der Waals surface area contributed by atoms with Gasteiger partial charge in [-0.2, -0.15) is 0 Å². The van der Waals surface area contributed by atoms with E-state index in [9.17, 15) is 0 Å². The van der Waals surface area contributed by atoms with E-state index in [1.165, 1.54) is 6.33 Å². The molecule has 1 aromatic heterocycles. The summed E-state index contributed by atoms with van der Waals surface area (Å²) < 4.78 is 0. The number of nitrogens with one attached hydrogen (secondary N) is 1. The molecule has 4 nitrogen and oxygen atoms in total. The summed E-state index contributed by atoms with van der Waals surface area (Å²) in [6, 6.07) is 1.88. The first-order valence-corrected chi connectivity index (χ1v) is 4.45. The van der Waals surface area contributed by atoms with Crippen molar-refractivity contribution < 1.29 is 5.11 Å². The SMILES string of the molecule is OCC1(NCc2ccncn2)CC1. The third-order valence-electron chi connectivity index (χ3n) is 2.44. The molecule has 2 N–H and O–H groups in total. The second-order valence-electron chi connectivity index (χ2n) is 3.49. The Hall–Kier alpha value is -1.00. The van der Waals surface area contributed by atoms with Gasteiger partial charge in [0.2, 0.25) is 0 Å². The van der Waals surface area contributed by atoms with Crippen LogP contribution in [0.2, 0.25) is 0 Å². The Morgan fingerprint density at radius 2 is 2.38 bits per heavy atom. The molecule has 0 bridgehead atoms. The highest BCUT2D eigenvalue weighted by Crippen LogP contribution is 2.34. The number of nitrogens with zero attached hydrogens (tertiary/aromatic N) is 2. The first kappa shape index (κ1) is 8.59. The third-order valence-corrected chi connectivity index (χ3v) is 2.44. The van der Waals surface area contributed by atoms with Crippen LogP contribution < -0.4 is 5.32 Å². The second kappa shape index (κ2) is 3.40. The minimum Gasteiger partial charge on any atom is -0.394 e. The molecule has 13 heavy (non-hydrogen) atoms. The smallest absolute Gasteiger partial charge is 0.115 e. The van der Waals surface area contributed by atoms with Gasteiger partial charge in [0.15, 0.2) is 0 Å². The van der Waals surface area contributed by atoms with Gasteiger partial charge in [0.1, 0.15) is 6.33 Å². The third kappa shape index (κ3) is 2.02. The van der Waals surface area contributed by atoms with Crippen LogP contribution in [-0.2, 0) is 6.54 Å². The molecule has 70 valence electrons. The molecule has 0 spiro atoms. The van der Waals surface area contributed by atoms with E-state index in [4.69, 9.17) is 5.11 Å². The molecule has 1 fully saturated rings. The summed E-state index contributed by atoms with van der Waals surface area (Å²) in [5.41, 5.74) is 0.958. The summed E-state index contributed by atoms with van der Waals surface area (Å²) in [7, 11) is 0. The Balaban J connectivity index is 1.86. The largest absolute Gasteiger partial charge is 0.394 e. The van der Waals surface area contributed by atoms with E-state index in [2.05, 4.69) is 15.3 Å². The molecule has 0 saturated heterocycles. The maximum absolute atomic E-state index is 9.04. The maximum Gasteiger partial charge on any atom is 0.115 e. The van der Waals surface area contributed by atoms with Crippen molar-refractivity contribution in [1.82, 2.24) is 15.3 Å². The monoisotopic (exact) mass is 179 g/mol. The average molecular weight is 179 g/mol. The van der Waals surface area contributed by atoms with Crippen molar-refractivity contribution in [3.05, 3.63) is 24.3 Å². The van der Waals surface area contributed by atoms with E-state index in [1.54, 1.807) is 6.20 Å². The number of hydrogen-bond donors (Lipinski definition) is 2. The van der Waals surface area contributed by atoms with Gasteiger partial charge in [-0.1, -0.05) is 0 Å². The Bertz CT molecular complexity index is 271. The normalized spacial score (nSPS) is 18.5. The topological polar surface area (TPSA) is 58.0 Å². The molecule has 1 heterocycles. The molecule has 1 saturated carbocycles. The van der Waals surface area contributed by atoms with Crippen LogP contribution in [-0.4, -0.2) is 27.2 Å². The van der Waals surface area contributed by atoms with Gasteiger partial charge in [-0.05, 0) is 18.9 Å². The van der Waals surface area contributed by atoms with E-state index < -0.39 is 0 Å². The van der Waals surface area contributed by atoms with E-state index in [1.807, 2.05) is 6.07 Å². The highest BCUT2D eigenvalue weighted by Gasteiger charge is 2.41. The molecule has 0 radical (unpaired) electrons. The highest BCUT2D eigenvalue weighted by molar-refractivity contribution is 5.05. The van der Waals surface area contributed by atoms with Gasteiger partial charge >= 0.3 is 0 Å². The number of aromatic nitrogens is 2. The average Bonchev–Trinajstić information content (AvgIpc) is 2.97. The standard InChI is InChI=1S/C9H13N3O/c13-6-9(2-3-9)12-5-8-1-4-10-7-11-8/h1,4,7,12-13H,2-3,5-6H2. The molecule has 2 rings (SSSR count). The quantitative estimate of drug-likeness (QED) is 0.687. The zero-order chi connectivity index (χ0) is 9.15. The first-order valence-electron chi connectivity index (χ1n) is 4.45. The van der Waals surface area contributed by atoms with Gasteiger partial charge in [0.25, 0.3) is 0 Å². The lowest BCUT2D eigenvalue weighted by atomic mass is 10.3. The summed E-state index contributed by atoms with van der Waals surface area (Å²) in [6.45, 7) is 0.932. The fourth-order valence-corrected chi connectivity index (χ4v) is 1.24. The molecular weight excluding hydrogens is 166 g/mol. The molecule has 0 amide bonds. The summed E-state index contributed by atoms with van der Waals surface area (Å²) in [5.74, 6) is 0. The molecule has 0 aromatic carbocycles. The van der Waals surface area contributed by atoms with Crippen LogP contribution in [0, 0.1) is 0 Å². The summed E-state index contributed by atoms with van der Waals surface area (Å²) in [5, 5.41) is 12.3. The lowest BCUT2D eigenvalue weighted by molar-refractivity contribution is 0.229. The molecule has 1 aliphatic carbocycles. The van der Waals surface area contributed by atoms with Crippen molar-refractivity contribution in [2.24, 2.45) is 0 Å². The van der Waals surface area contributed by atoms with Gasteiger partial charge in [0, 0.05) is 18.3 Å². The summed E-state index contributed by atoms with van der Waals surface area (Å²) in [4.78, 5) is 7.93. The van der Waals surface area contributed by atoms with Crippen molar-refractivity contribution in [3.63, 3.8) is 0 Å². The van der Waals surface area contributed by atoms with Crippen LogP contribution in [0.4, 0.5) is 0 Å². The minimum absolute atomic E-state index is 0.00898. The number of aliphatic hydroxyl groups is 1. The van der Waals surface area contributed by atoms with Crippen LogP contribution >= 0.6 is 0 Å². The summed E-state index contributed by atoms with van der Waals surface area (Å²) >= 11 is 0. The van der Waals surface area contributed by atoms with Crippen LogP contribution in [0.1, 0.15) is 18.5 Å². The predicted octanol–water partition coefficient (Wildman–Crippen LogP) is 0.0911. The lowest BCUT2D eigenvalue weighted by Crippen LogP contribution is -2.34. The number of aliphatic hydroxyl groups excluding tert-OH is 1. The molecule has 0 aliphatic heterocycles. The van der Waals surface area contributed by atoms with Crippen LogP contribution in [0.25, 0.3) is 0 Å². The van der Waals surface area contributed by atoms with Crippen LogP contribution in [0.3, 0.4) is 0 Å². The Morgan fingerprint density at radius 1 is 1.54 bits per heavy atom. The maximum atomic E-state index is 9.04. The van der Waals surface area contributed by atoms with Crippen molar-refractivity contribution in [3.8, 4) is 0 Å². The molecule has 0 atom stereocenters. The number of rotatable bonds is 4. The zero-order valence-corrected chi connectivity index (χ0v) is 7.40. The van der Waals surface area contributed by atoms with Gasteiger partial charge < -0.3 is 10.4 Å². The zero-order valence-electron chi connectivity index (χ0n) is 7.40. The van der Waals surface area contributed by atoms with Crippen LogP contribution in [0.15, 0.2) is 18.6 Å². The highest BCUT2D eigenvalue weighted by atomic mass is 16.3. The molecule has 4 heteroatoms. The van der Waals surface area contributed by atoms with E-state index in [0.717, 1.165) is 18.5 Å². The first-order chi connectivity index (χ1) is 6.35. The van der Waals surface area contributed by atoms with E-state index >= 15 is 0 Å². The lowest BCUT2D eigenvalue weighted by Gasteiger charge is -2.12. The Labute approximate surface area is 77.0 Å². The second-order valence-corrected chi connectivity index (χ2v) is 3.49. The van der Waals surface area contributed by atoms with Crippen molar-refractivity contribution >= 4 is 0 Å². The van der Waals surface area contributed by atoms with Gasteiger partial charge in [-0.15, -0.1) is 0 Å². The van der Waals surface area contributed by atoms with Gasteiger partial charge in [-0.3, -0.25) is 0 Å². The molecule has 0 unspecified atom stereocenters. The molecular formula is C9H13N3O. The Morgan fingerprint density at radius 3 is 2.92 bits per heavy atom. The van der Waals surface area contributed by atoms with Crippen molar-refractivity contribution in [1.29, 1.82) is 0 Å². The van der Waals surface area contributed by atoms with E-state index in [-0.39, 0.29) is 12.1 Å². The van der Waals surface area contributed by atoms with Crippen molar-refractivity contribution in [2.45, 2.75) is 24.9 Å². The number of hydrogen-bond acceptors (Lipinski definition) is 4. The summed E-state index contributed by atoms with van der Waals surface area (Å²) in [6.07, 6.45) is 5.39. The van der Waals surface area contributed by atoms with Gasteiger partial charge in [-0.25, -0.2) is 9.97 Å². The van der Waals surface area contributed by atoms with Crippen molar-refractivity contribution in [2.75, 3.05) is 6.61 Å². The fraction of sp³-hybridized carbons (Fsp3) is 0.556. The van der Waals surface area contributed by atoms with E-state index in [0.29, 0.717) is 6.54 Å².